The van der Waals surface area contributed by atoms with Gasteiger partial charge in [-0.25, -0.2) is 0 Å². The summed E-state index contributed by atoms with van der Waals surface area (Å²) in [5, 5.41) is 5.31. The molecule has 0 aliphatic carbocycles. The first-order valence-electron chi connectivity index (χ1n) is 7.96. The summed E-state index contributed by atoms with van der Waals surface area (Å²) in [5.41, 5.74) is 0.846. The quantitative estimate of drug-likeness (QED) is 0.762. The van der Waals surface area contributed by atoms with Crippen LogP contribution in [0, 0.1) is 5.92 Å². The molecule has 1 aromatic carbocycles. The van der Waals surface area contributed by atoms with Gasteiger partial charge in [-0.1, -0.05) is 18.2 Å². The highest BCUT2D eigenvalue weighted by Crippen LogP contribution is 2.29. The molecule has 1 unspecified atom stereocenters. The Morgan fingerprint density at radius 2 is 2.17 bits per heavy atom. The Kier molecular flexibility index (Phi) is 7.62. The van der Waals surface area contributed by atoms with Gasteiger partial charge in [0, 0.05) is 28.6 Å². The molecule has 0 saturated carbocycles. The molecule has 6 heteroatoms. The third-order valence-electron chi connectivity index (χ3n) is 4.13. The van der Waals surface area contributed by atoms with Crippen LogP contribution in [0.3, 0.4) is 0 Å². The van der Waals surface area contributed by atoms with E-state index in [0.29, 0.717) is 5.92 Å². The Bertz CT molecular complexity index is 648. The van der Waals surface area contributed by atoms with Gasteiger partial charge in [-0.3, -0.25) is 4.79 Å². The van der Waals surface area contributed by atoms with Crippen molar-refractivity contribution in [1.29, 1.82) is 0 Å². The van der Waals surface area contributed by atoms with E-state index in [1.54, 1.807) is 23.1 Å². The molecule has 130 valence electrons. The molecule has 24 heavy (non-hydrogen) atoms. The molecular weight excluding hydrogens is 360 g/mol. The van der Waals surface area contributed by atoms with Crippen LogP contribution >= 0.6 is 35.5 Å². The van der Waals surface area contributed by atoms with Crippen LogP contribution in [0.4, 0.5) is 0 Å². The van der Waals surface area contributed by atoms with Crippen molar-refractivity contribution in [2.75, 3.05) is 26.7 Å². The van der Waals surface area contributed by atoms with Crippen molar-refractivity contribution >= 4 is 41.4 Å². The molecule has 3 nitrogen and oxygen atoms in total. The number of carbonyl (C=O) groups excluding carboxylic acids is 1. The highest BCUT2D eigenvalue weighted by molar-refractivity contribution is 7.98. The Morgan fingerprint density at radius 1 is 1.33 bits per heavy atom. The van der Waals surface area contributed by atoms with E-state index < -0.39 is 0 Å². The molecule has 2 aromatic rings. The summed E-state index contributed by atoms with van der Waals surface area (Å²) >= 11 is 3.52. The minimum Gasteiger partial charge on any atom is -0.338 e. The molecule has 1 fully saturated rings. The summed E-state index contributed by atoms with van der Waals surface area (Å²) in [6.45, 7) is 2.72. The lowest BCUT2D eigenvalue weighted by atomic mass is 10.1. The van der Waals surface area contributed by atoms with Crippen molar-refractivity contribution in [3.8, 4) is 0 Å². The lowest BCUT2D eigenvalue weighted by Crippen LogP contribution is -2.30. The fourth-order valence-corrected chi connectivity index (χ4v) is 4.77. The van der Waals surface area contributed by atoms with Crippen LogP contribution in [-0.2, 0) is 5.75 Å². The Morgan fingerprint density at radius 3 is 2.92 bits per heavy atom. The Balaban J connectivity index is 0.00000208. The first kappa shape index (κ1) is 19.3. The number of carbonyl (C=O) groups is 1. The zero-order valence-electron chi connectivity index (χ0n) is 13.7. The van der Waals surface area contributed by atoms with E-state index >= 15 is 0 Å². The summed E-state index contributed by atoms with van der Waals surface area (Å²) in [4.78, 5) is 17.3. The number of nitrogens with one attached hydrogen (secondary N) is 1. The Labute approximate surface area is 158 Å². The third-order valence-corrected chi connectivity index (χ3v) is 6.31. The van der Waals surface area contributed by atoms with Crippen LogP contribution in [0.1, 0.15) is 21.7 Å². The molecule has 0 radical (unpaired) electrons. The number of hydrogen-bond donors (Lipinski definition) is 1. The maximum Gasteiger partial charge on any atom is 0.254 e. The molecule has 2 heterocycles. The van der Waals surface area contributed by atoms with E-state index in [9.17, 15) is 4.79 Å². The van der Waals surface area contributed by atoms with Crippen molar-refractivity contribution < 1.29 is 4.79 Å². The molecule has 1 aliphatic heterocycles. The number of nitrogens with zero attached hydrogens (tertiary/aromatic N) is 1. The van der Waals surface area contributed by atoms with E-state index in [1.807, 2.05) is 30.1 Å². The summed E-state index contributed by atoms with van der Waals surface area (Å²) in [6.07, 6.45) is 1.09. The number of likely N-dealkylation sites (tertiary alicyclic amines) is 1. The van der Waals surface area contributed by atoms with Crippen LogP contribution in [0.5, 0.6) is 0 Å². The van der Waals surface area contributed by atoms with E-state index in [2.05, 4.69) is 28.9 Å². The standard InChI is InChI=1S/C18H22N2OS2.ClH/c1-19-11-14-8-9-20(12-14)18(21)16-6-2-3-7-17(16)23-13-15-5-4-10-22-15;/h2-7,10,14,19H,8-9,11-13H2,1H3;1H. The van der Waals surface area contributed by atoms with Crippen molar-refractivity contribution in [2.45, 2.75) is 17.1 Å². The van der Waals surface area contributed by atoms with Gasteiger partial charge in [0.15, 0.2) is 0 Å². The summed E-state index contributed by atoms with van der Waals surface area (Å²) in [6, 6.07) is 12.2. The minimum atomic E-state index is 0. The zero-order valence-corrected chi connectivity index (χ0v) is 16.2. The van der Waals surface area contributed by atoms with Crippen molar-refractivity contribution in [3.05, 3.63) is 52.2 Å². The van der Waals surface area contributed by atoms with Gasteiger partial charge in [0.05, 0.1) is 5.56 Å². The lowest BCUT2D eigenvalue weighted by molar-refractivity contribution is 0.0784. The first-order chi connectivity index (χ1) is 11.3. The summed E-state index contributed by atoms with van der Waals surface area (Å²) in [5.74, 6) is 1.68. The molecule has 0 spiro atoms. The van der Waals surface area contributed by atoms with Gasteiger partial charge in [0.1, 0.15) is 0 Å². The molecule has 3 rings (SSSR count). The summed E-state index contributed by atoms with van der Waals surface area (Å²) in [7, 11) is 1.97. The Hall–Kier alpha value is -1.01. The van der Waals surface area contributed by atoms with Gasteiger partial charge in [0.25, 0.3) is 5.91 Å². The molecule has 1 aliphatic rings. The fourth-order valence-electron chi connectivity index (χ4n) is 2.96. The number of amides is 1. The van der Waals surface area contributed by atoms with E-state index in [4.69, 9.17) is 0 Å². The van der Waals surface area contributed by atoms with Gasteiger partial charge < -0.3 is 10.2 Å². The van der Waals surface area contributed by atoms with Crippen molar-refractivity contribution in [2.24, 2.45) is 5.92 Å². The van der Waals surface area contributed by atoms with Crippen LogP contribution in [-0.4, -0.2) is 37.5 Å². The zero-order chi connectivity index (χ0) is 16.1. The van der Waals surface area contributed by atoms with E-state index in [0.717, 1.165) is 42.3 Å². The fraction of sp³-hybridized carbons (Fsp3) is 0.389. The van der Waals surface area contributed by atoms with Crippen LogP contribution in [0.2, 0.25) is 0 Å². The number of thioether (sulfide) groups is 1. The second-order valence-electron chi connectivity index (χ2n) is 5.83. The maximum atomic E-state index is 12.9. The van der Waals surface area contributed by atoms with Crippen LogP contribution < -0.4 is 5.32 Å². The van der Waals surface area contributed by atoms with Crippen LogP contribution in [0.15, 0.2) is 46.7 Å². The second kappa shape index (κ2) is 9.47. The highest BCUT2D eigenvalue weighted by Gasteiger charge is 2.27. The van der Waals surface area contributed by atoms with Crippen molar-refractivity contribution in [1.82, 2.24) is 10.2 Å². The molecule has 1 aromatic heterocycles. The van der Waals surface area contributed by atoms with E-state index in [1.165, 1.54) is 4.88 Å². The van der Waals surface area contributed by atoms with Gasteiger partial charge in [-0.15, -0.1) is 35.5 Å². The molecule has 1 amide bonds. The largest absolute Gasteiger partial charge is 0.338 e. The SMILES string of the molecule is CNCC1CCN(C(=O)c2ccccc2SCc2cccs2)C1.Cl. The average Bonchev–Trinajstić information content (AvgIpc) is 3.25. The average molecular weight is 383 g/mol. The normalized spacial score (nSPS) is 16.9. The third kappa shape index (κ3) is 4.76. The van der Waals surface area contributed by atoms with E-state index in [-0.39, 0.29) is 18.3 Å². The minimum absolute atomic E-state index is 0. The number of benzene rings is 1. The molecule has 1 N–H and O–H groups in total. The van der Waals surface area contributed by atoms with Gasteiger partial charge >= 0.3 is 0 Å². The predicted molar refractivity (Wildman–Crippen MR) is 106 cm³/mol. The van der Waals surface area contributed by atoms with Crippen molar-refractivity contribution in [3.63, 3.8) is 0 Å². The molecular formula is C18H23ClN2OS2. The van der Waals surface area contributed by atoms with Gasteiger partial charge in [-0.05, 0) is 49.5 Å². The smallest absolute Gasteiger partial charge is 0.254 e. The maximum absolute atomic E-state index is 12.9. The monoisotopic (exact) mass is 382 g/mol. The number of halogens is 1. The molecule has 0 bridgehead atoms. The molecule has 1 atom stereocenters. The van der Waals surface area contributed by atoms with Gasteiger partial charge in [0.2, 0.25) is 0 Å². The summed E-state index contributed by atoms with van der Waals surface area (Å²) < 4.78 is 0. The molecule has 1 saturated heterocycles. The topological polar surface area (TPSA) is 32.3 Å². The predicted octanol–water partition coefficient (Wildman–Crippen LogP) is 4.14. The number of rotatable bonds is 6. The van der Waals surface area contributed by atoms with Crippen LogP contribution in [0.25, 0.3) is 0 Å². The highest BCUT2D eigenvalue weighted by atomic mass is 35.5. The van der Waals surface area contributed by atoms with Gasteiger partial charge in [-0.2, -0.15) is 0 Å². The second-order valence-corrected chi connectivity index (χ2v) is 7.88. The number of thiophene rings is 1. The first-order valence-corrected chi connectivity index (χ1v) is 9.82. The number of hydrogen-bond acceptors (Lipinski definition) is 4. The lowest BCUT2D eigenvalue weighted by Gasteiger charge is -2.18.